The Kier molecular flexibility index (Phi) is 6.61. The molecule has 0 radical (unpaired) electrons. The molecule has 2 aliphatic carbocycles. The molecule has 0 aromatic carbocycles. The summed E-state index contributed by atoms with van der Waals surface area (Å²) >= 11 is 0. The van der Waals surface area contributed by atoms with E-state index in [1.165, 1.54) is 64.6 Å². The second kappa shape index (κ2) is 8.72. The molecule has 0 aromatic heterocycles. The lowest BCUT2D eigenvalue weighted by atomic mass is 9.98. The summed E-state index contributed by atoms with van der Waals surface area (Å²) in [4.78, 5) is 9.75. The quantitative estimate of drug-likeness (QED) is 0.495. The smallest absolute Gasteiger partial charge is 0.191 e. The monoisotopic (exact) mass is 349 g/mol. The molecule has 1 saturated heterocycles. The van der Waals surface area contributed by atoms with Crippen molar-refractivity contribution in [1.82, 2.24) is 20.4 Å². The van der Waals surface area contributed by atoms with Crippen LogP contribution in [0.4, 0.5) is 0 Å². The van der Waals surface area contributed by atoms with Gasteiger partial charge in [-0.1, -0.05) is 6.42 Å². The lowest BCUT2D eigenvalue weighted by molar-refractivity contribution is 0.0982. The van der Waals surface area contributed by atoms with Crippen LogP contribution in [-0.4, -0.2) is 73.7 Å². The molecule has 0 atom stereocenters. The van der Waals surface area contributed by atoms with Crippen LogP contribution >= 0.6 is 0 Å². The first kappa shape index (κ1) is 19.0. The van der Waals surface area contributed by atoms with Crippen LogP contribution in [0.25, 0.3) is 0 Å². The van der Waals surface area contributed by atoms with Crippen molar-refractivity contribution in [2.45, 2.75) is 70.4 Å². The van der Waals surface area contributed by atoms with E-state index in [0.717, 1.165) is 37.6 Å². The molecule has 1 aliphatic heterocycles. The zero-order valence-corrected chi connectivity index (χ0v) is 16.7. The third-order valence-electron chi connectivity index (χ3n) is 6.07. The fourth-order valence-corrected chi connectivity index (χ4v) is 3.94. The Morgan fingerprint density at radius 2 is 1.80 bits per heavy atom. The summed E-state index contributed by atoms with van der Waals surface area (Å²) in [5, 5.41) is 7.09. The van der Waals surface area contributed by atoms with Gasteiger partial charge in [-0.3, -0.25) is 14.8 Å². The Balaban J connectivity index is 1.36. The maximum atomic E-state index is 4.42. The molecule has 2 N–H and O–H groups in total. The SMILES string of the molecule is CN=C(NCCN(CC1CC1)C1CC1)NCC(C)(C)N1CCCCC1. The van der Waals surface area contributed by atoms with Crippen molar-refractivity contribution in [2.75, 3.05) is 46.3 Å². The molecular formula is C20H39N5. The van der Waals surface area contributed by atoms with E-state index < -0.39 is 0 Å². The van der Waals surface area contributed by atoms with Gasteiger partial charge in [-0.2, -0.15) is 0 Å². The van der Waals surface area contributed by atoms with Crippen molar-refractivity contribution < 1.29 is 0 Å². The predicted octanol–water partition coefficient (Wildman–Crippen LogP) is 2.29. The second-order valence-corrected chi connectivity index (χ2v) is 8.88. The van der Waals surface area contributed by atoms with E-state index in [1.807, 2.05) is 7.05 Å². The maximum absolute atomic E-state index is 4.42. The van der Waals surface area contributed by atoms with Gasteiger partial charge in [0, 0.05) is 44.8 Å². The van der Waals surface area contributed by atoms with Crippen molar-refractivity contribution in [3.63, 3.8) is 0 Å². The van der Waals surface area contributed by atoms with Gasteiger partial charge in [0.25, 0.3) is 0 Å². The minimum absolute atomic E-state index is 0.185. The topological polar surface area (TPSA) is 42.9 Å². The van der Waals surface area contributed by atoms with E-state index in [2.05, 4.69) is 39.3 Å². The average molecular weight is 350 g/mol. The van der Waals surface area contributed by atoms with Crippen LogP contribution in [-0.2, 0) is 0 Å². The highest BCUT2D eigenvalue weighted by atomic mass is 15.3. The number of nitrogens with zero attached hydrogens (tertiary/aromatic N) is 3. The summed E-state index contributed by atoms with van der Waals surface area (Å²) in [6.45, 7) is 11.6. The summed E-state index contributed by atoms with van der Waals surface area (Å²) < 4.78 is 0. The number of hydrogen-bond acceptors (Lipinski definition) is 3. The number of rotatable bonds is 9. The lowest BCUT2D eigenvalue weighted by Crippen LogP contribution is -2.55. The van der Waals surface area contributed by atoms with Gasteiger partial charge < -0.3 is 10.6 Å². The van der Waals surface area contributed by atoms with E-state index >= 15 is 0 Å². The van der Waals surface area contributed by atoms with Gasteiger partial charge in [-0.05, 0) is 71.4 Å². The Morgan fingerprint density at radius 1 is 1.08 bits per heavy atom. The van der Waals surface area contributed by atoms with Gasteiger partial charge in [-0.15, -0.1) is 0 Å². The normalized spacial score (nSPS) is 23.1. The molecule has 2 saturated carbocycles. The molecule has 3 aliphatic rings. The van der Waals surface area contributed by atoms with Crippen LogP contribution in [0, 0.1) is 5.92 Å². The van der Waals surface area contributed by atoms with Crippen LogP contribution in [0.15, 0.2) is 4.99 Å². The lowest BCUT2D eigenvalue weighted by Gasteiger charge is -2.41. The molecule has 0 amide bonds. The fourth-order valence-electron chi connectivity index (χ4n) is 3.94. The third kappa shape index (κ3) is 6.14. The molecule has 3 rings (SSSR count). The van der Waals surface area contributed by atoms with Crippen molar-refractivity contribution in [3.8, 4) is 0 Å². The molecule has 144 valence electrons. The Bertz CT molecular complexity index is 433. The van der Waals surface area contributed by atoms with E-state index in [9.17, 15) is 0 Å². The van der Waals surface area contributed by atoms with Gasteiger partial charge >= 0.3 is 0 Å². The van der Waals surface area contributed by atoms with Crippen molar-refractivity contribution in [3.05, 3.63) is 0 Å². The largest absolute Gasteiger partial charge is 0.355 e. The molecule has 0 unspecified atom stereocenters. The van der Waals surface area contributed by atoms with Crippen LogP contribution in [0.5, 0.6) is 0 Å². The van der Waals surface area contributed by atoms with Crippen LogP contribution in [0.2, 0.25) is 0 Å². The Morgan fingerprint density at radius 3 is 2.40 bits per heavy atom. The van der Waals surface area contributed by atoms with E-state index in [-0.39, 0.29) is 5.54 Å². The highest BCUT2D eigenvalue weighted by molar-refractivity contribution is 5.79. The van der Waals surface area contributed by atoms with Gasteiger partial charge in [0.2, 0.25) is 0 Å². The van der Waals surface area contributed by atoms with Gasteiger partial charge in [0.15, 0.2) is 5.96 Å². The van der Waals surface area contributed by atoms with Gasteiger partial charge in [0.1, 0.15) is 0 Å². The second-order valence-electron chi connectivity index (χ2n) is 8.88. The predicted molar refractivity (Wildman–Crippen MR) is 106 cm³/mol. The van der Waals surface area contributed by atoms with Crippen LogP contribution < -0.4 is 10.6 Å². The molecule has 0 bridgehead atoms. The number of hydrogen-bond donors (Lipinski definition) is 2. The van der Waals surface area contributed by atoms with E-state index in [4.69, 9.17) is 0 Å². The summed E-state index contributed by atoms with van der Waals surface area (Å²) in [6, 6.07) is 0.871. The van der Waals surface area contributed by atoms with Crippen molar-refractivity contribution >= 4 is 5.96 Å². The van der Waals surface area contributed by atoms with Gasteiger partial charge in [-0.25, -0.2) is 0 Å². The highest BCUT2D eigenvalue weighted by Gasteiger charge is 2.33. The summed E-state index contributed by atoms with van der Waals surface area (Å²) in [5.74, 6) is 1.94. The number of piperidine rings is 1. The highest BCUT2D eigenvalue weighted by Crippen LogP contribution is 2.34. The molecule has 0 aromatic rings. The molecule has 3 fully saturated rings. The zero-order valence-electron chi connectivity index (χ0n) is 16.7. The maximum Gasteiger partial charge on any atom is 0.191 e. The summed E-state index contributed by atoms with van der Waals surface area (Å²) in [6.07, 6.45) is 9.79. The number of likely N-dealkylation sites (tertiary alicyclic amines) is 1. The molecule has 5 heteroatoms. The zero-order chi connectivity index (χ0) is 17.7. The number of aliphatic imine (C=N–C) groups is 1. The van der Waals surface area contributed by atoms with Crippen molar-refractivity contribution in [2.24, 2.45) is 10.9 Å². The Labute approximate surface area is 154 Å². The number of guanidine groups is 1. The third-order valence-corrected chi connectivity index (χ3v) is 6.07. The van der Waals surface area contributed by atoms with Crippen LogP contribution in [0.3, 0.4) is 0 Å². The first-order chi connectivity index (χ1) is 12.1. The number of nitrogens with one attached hydrogen (secondary N) is 2. The minimum atomic E-state index is 0.185. The van der Waals surface area contributed by atoms with Crippen molar-refractivity contribution in [1.29, 1.82) is 0 Å². The average Bonchev–Trinajstić information content (AvgIpc) is 3.51. The first-order valence-electron chi connectivity index (χ1n) is 10.5. The fraction of sp³-hybridized carbons (Fsp3) is 0.950. The molecule has 5 nitrogen and oxygen atoms in total. The summed E-state index contributed by atoms with van der Waals surface area (Å²) in [5.41, 5.74) is 0.185. The molecule has 1 heterocycles. The standard InChI is InChI=1S/C20H39N5/c1-20(2,25-12-5-4-6-13-25)16-23-19(21-3)22-11-14-24(18-9-10-18)15-17-7-8-17/h17-18H,4-16H2,1-3H3,(H2,21,22,23). The van der Waals surface area contributed by atoms with E-state index in [1.54, 1.807) is 0 Å². The molecule has 25 heavy (non-hydrogen) atoms. The van der Waals surface area contributed by atoms with Gasteiger partial charge in [0.05, 0.1) is 0 Å². The minimum Gasteiger partial charge on any atom is -0.355 e. The van der Waals surface area contributed by atoms with E-state index in [0.29, 0.717) is 0 Å². The Hall–Kier alpha value is -0.810. The summed E-state index contributed by atoms with van der Waals surface area (Å²) in [7, 11) is 1.88. The first-order valence-corrected chi connectivity index (χ1v) is 10.5. The molecular weight excluding hydrogens is 310 g/mol. The van der Waals surface area contributed by atoms with Crippen LogP contribution in [0.1, 0.15) is 58.8 Å². The molecule has 0 spiro atoms.